The van der Waals surface area contributed by atoms with Crippen LogP contribution in [0, 0.1) is 20.8 Å². The number of hydrogen-bond acceptors (Lipinski definition) is 2. The van der Waals surface area contributed by atoms with Crippen molar-refractivity contribution in [1.29, 1.82) is 0 Å². The van der Waals surface area contributed by atoms with E-state index in [1.54, 1.807) is 0 Å². The van der Waals surface area contributed by atoms with Crippen molar-refractivity contribution < 1.29 is 0 Å². The van der Waals surface area contributed by atoms with Crippen LogP contribution in [0.1, 0.15) is 16.7 Å². The van der Waals surface area contributed by atoms with Gasteiger partial charge < -0.3 is 13.7 Å². The van der Waals surface area contributed by atoms with Gasteiger partial charge in [-0.2, -0.15) is 0 Å². The Hall–Kier alpha value is -9.32. The molecule has 5 heteroatoms. The van der Waals surface area contributed by atoms with Crippen LogP contribution in [0.4, 0.5) is 0 Å². The first-order chi connectivity index (χ1) is 35.4. The van der Waals surface area contributed by atoms with E-state index in [1.165, 1.54) is 65.5 Å². The highest BCUT2D eigenvalue weighted by Crippen LogP contribution is 2.40. The molecule has 4 aromatic heterocycles. The molecular weight excluding hydrogens is 875 g/mol. The zero-order valence-corrected chi connectivity index (χ0v) is 40.2. The van der Waals surface area contributed by atoms with Gasteiger partial charge in [0.25, 0.3) is 0 Å². The van der Waals surface area contributed by atoms with Crippen LogP contribution in [0.2, 0.25) is 0 Å². The first-order valence-corrected chi connectivity index (χ1v) is 24.7. The lowest BCUT2D eigenvalue weighted by atomic mass is 9.97. The number of rotatable bonds is 7. The molecule has 0 atom stereocenters. The average Bonchev–Trinajstić information content (AvgIpc) is 4.06. The standard InChI is InChI=1S/C67H47N5/c1-42-20-24-46(25-21-42)59-41-60(69-67(68-59)47-26-22-43(2)23-27-47)52-35-30-48(38-44(52)3)45-28-31-49(32-29-45)70-65-36-33-50(71-61-16-8-4-12-53(61)54-13-5-9-17-62(54)71)39-57(65)58-40-51(34-37-66(58)70)72-63-18-10-6-14-55(63)56-15-7-11-19-64(56)72/h4-41H,1-3H3. The smallest absolute Gasteiger partial charge is 0.160 e. The molecule has 0 saturated carbocycles. The average molecular weight is 922 g/mol. The Morgan fingerprint density at radius 1 is 0.278 bits per heavy atom. The lowest BCUT2D eigenvalue weighted by Crippen LogP contribution is -1.97. The molecule has 5 nitrogen and oxygen atoms in total. The van der Waals surface area contributed by atoms with Crippen LogP contribution in [-0.4, -0.2) is 23.7 Å². The van der Waals surface area contributed by atoms with E-state index in [0.717, 1.165) is 78.7 Å². The zero-order valence-electron chi connectivity index (χ0n) is 40.2. The molecule has 0 spiro atoms. The maximum absolute atomic E-state index is 5.18. The molecule has 0 aliphatic rings. The van der Waals surface area contributed by atoms with Gasteiger partial charge in [-0.3, -0.25) is 0 Å². The topological polar surface area (TPSA) is 40.6 Å². The molecule has 0 N–H and O–H groups in total. The van der Waals surface area contributed by atoms with Gasteiger partial charge in [-0.1, -0.05) is 163 Å². The van der Waals surface area contributed by atoms with E-state index in [0.29, 0.717) is 0 Å². The Labute approximate surface area is 417 Å². The van der Waals surface area contributed by atoms with Crippen molar-refractivity contribution in [2.75, 3.05) is 0 Å². The van der Waals surface area contributed by atoms with Gasteiger partial charge in [0, 0.05) is 66.1 Å². The highest BCUT2D eigenvalue weighted by Gasteiger charge is 2.20. The zero-order chi connectivity index (χ0) is 48.0. The maximum atomic E-state index is 5.18. The predicted octanol–water partition coefficient (Wildman–Crippen LogP) is 17.4. The predicted molar refractivity (Wildman–Crippen MR) is 301 cm³/mol. The molecule has 0 aliphatic heterocycles. The Kier molecular flexibility index (Phi) is 9.48. The van der Waals surface area contributed by atoms with Crippen LogP contribution in [0.3, 0.4) is 0 Å². The first kappa shape index (κ1) is 41.6. The third kappa shape index (κ3) is 6.69. The molecular formula is C67H47N5. The summed E-state index contributed by atoms with van der Waals surface area (Å²) in [6.07, 6.45) is 0. The molecule has 340 valence electrons. The monoisotopic (exact) mass is 921 g/mol. The first-order valence-electron chi connectivity index (χ1n) is 24.7. The number of aryl methyl sites for hydroxylation is 3. The SMILES string of the molecule is Cc1ccc(-c2cc(-c3ccc(-c4ccc(-n5c6ccc(-n7c8ccccc8c8ccccc87)cc6c6cc(-n7c8ccccc8c8ccccc87)ccc65)cc4)cc3C)nc(-c3ccc(C)cc3)n2)cc1. The summed E-state index contributed by atoms with van der Waals surface area (Å²) in [4.78, 5) is 10.3. The summed E-state index contributed by atoms with van der Waals surface area (Å²) in [6, 6.07) is 83.9. The van der Waals surface area contributed by atoms with Crippen LogP contribution in [0.15, 0.2) is 231 Å². The van der Waals surface area contributed by atoms with Gasteiger partial charge >= 0.3 is 0 Å². The van der Waals surface area contributed by atoms with Gasteiger partial charge in [0.15, 0.2) is 5.82 Å². The van der Waals surface area contributed by atoms with Crippen LogP contribution in [0.5, 0.6) is 0 Å². The van der Waals surface area contributed by atoms with Gasteiger partial charge in [-0.05, 0) is 116 Å². The van der Waals surface area contributed by atoms with Crippen molar-refractivity contribution in [3.05, 3.63) is 247 Å². The summed E-state index contributed by atoms with van der Waals surface area (Å²) in [5.74, 6) is 0.720. The molecule has 0 bridgehead atoms. The molecule has 4 heterocycles. The van der Waals surface area contributed by atoms with Gasteiger partial charge in [0.05, 0.1) is 44.5 Å². The number of benzene rings is 10. The van der Waals surface area contributed by atoms with Crippen LogP contribution in [0.25, 0.3) is 128 Å². The second-order valence-corrected chi connectivity index (χ2v) is 19.2. The molecule has 0 aliphatic carbocycles. The van der Waals surface area contributed by atoms with E-state index in [4.69, 9.17) is 9.97 Å². The molecule has 0 unspecified atom stereocenters. The number of fused-ring (bicyclic) bond motifs is 9. The summed E-state index contributed by atoms with van der Waals surface area (Å²) in [7, 11) is 0. The Morgan fingerprint density at radius 2 is 0.667 bits per heavy atom. The van der Waals surface area contributed by atoms with E-state index in [-0.39, 0.29) is 0 Å². The number of aromatic nitrogens is 5. The van der Waals surface area contributed by atoms with Crippen molar-refractivity contribution in [2.45, 2.75) is 20.8 Å². The normalized spacial score (nSPS) is 11.8. The summed E-state index contributed by atoms with van der Waals surface area (Å²) in [5, 5.41) is 7.40. The van der Waals surface area contributed by atoms with Crippen molar-refractivity contribution >= 4 is 65.4 Å². The number of hydrogen-bond donors (Lipinski definition) is 0. The second kappa shape index (κ2) is 16.4. The minimum atomic E-state index is 0.720. The summed E-state index contributed by atoms with van der Waals surface area (Å²) < 4.78 is 7.27. The van der Waals surface area contributed by atoms with E-state index in [9.17, 15) is 0 Å². The molecule has 0 saturated heterocycles. The fourth-order valence-electron chi connectivity index (χ4n) is 11.2. The third-order valence-corrected chi connectivity index (χ3v) is 14.8. The van der Waals surface area contributed by atoms with E-state index >= 15 is 0 Å². The fourth-order valence-corrected chi connectivity index (χ4v) is 11.2. The second-order valence-electron chi connectivity index (χ2n) is 19.2. The van der Waals surface area contributed by atoms with Gasteiger partial charge in [-0.25, -0.2) is 9.97 Å². The Balaban J connectivity index is 0.892. The highest BCUT2D eigenvalue weighted by molar-refractivity contribution is 6.14. The minimum absolute atomic E-state index is 0.720. The van der Waals surface area contributed by atoms with Crippen molar-refractivity contribution in [1.82, 2.24) is 23.7 Å². The van der Waals surface area contributed by atoms with Crippen molar-refractivity contribution in [3.8, 4) is 62.1 Å². The quantitative estimate of drug-likeness (QED) is 0.160. The van der Waals surface area contributed by atoms with Gasteiger partial charge in [-0.15, -0.1) is 0 Å². The largest absolute Gasteiger partial charge is 0.309 e. The molecule has 0 fully saturated rings. The molecule has 14 rings (SSSR count). The minimum Gasteiger partial charge on any atom is -0.309 e. The fraction of sp³-hybridized carbons (Fsp3) is 0.0448. The highest BCUT2D eigenvalue weighted by atomic mass is 15.0. The van der Waals surface area contributed by atoms with Gasteiger partial charge in [0.1, 0.15) is 0 Å². The third-order valence-electron chi connectivity index (χ3n) is 14.8. The molecule has 10 aromatic carbocycles. The summed E-state index contributed by atoms with van der Waals surface area (Å²) in [5.41, 5.74) is 21.3. The van der Waals surface area contributed by atoms with Crippen LogP contribution < -0.4 is 0 Å². The summed E-state index contributed by atoms with van der Waals surface area (Å²) >= 11 is 0. The lowest BCUT2D eigenvalue weighted by molar-refractivity contribution is 1.16. The van der Waals surface area contributed by atoms with Crippen LogP contribution in [-0.2, 0) is 0 Å². The Bertz CT molecular complexity index is 4110. The van der Waals surface area contributed by atoms with E-state index in [1.807, 2.05) is 0 Å². The van der Waals surface area contributed by atoms with Crippen molar-refractivity contribution in [2.24, 2.45) is 0 Å². The molecule has 0 amide bonds. The molecule has 14 aromatic rings. The van der Waals surface area contributed by atoms with Gasteiger partial charge in [0.2, 0.25) is 0 Å². The van der Waals surface area contributed by atoms with Crippen LogP contribution >= 0.6 is 0 Å². The number of nitrogens with zero attached hydrogens (tertiary/aromatic N) is 5. The molecule has 0 radical (unpaired) electrons. The number of para-hydroxylation sites is 4. The van der Waals surface area contributed by atoms with E-state index < -0.39 is 0 Å². The van der Waals surface area contributed by atoms with E-state index in [2.05, 4.69) is 265 Å². The van der Waals surface area contributed by atoms with Crippen molar-refractivity contribution in [3.63, 3.8) is 0 Å². The summed E-state index contributed by atoms with van der Waals surface area (Å²) in [6.45, 7) is 6.40. The Morgan fingerprint density at radius 3 is 1.15 bits per heavy atom. The maximum Gasteiger partial charge on any atom is 0.160 e. The lowest BCUT2D eigenvalue weighted by Gasteiger charge is -2.13. The molecule has 72 heavy (non-hydrogen) atoms.